The number of anilines is 1. The highest BCUT2D eigenvalue weighted by molar-refractivity contribution is 6.04. The molecule has 0 fully saturated rings. The van der Waals surface area contributed by atoms with Crippen LogP contribution in [0.25, 0.3) is 0 Å². The average Bonchev–Trinajstić information content (AvgIpc) is 3.44. The van der Waals surface area contributed by atoms with Gasteiger partial charge in [-0.1, -0.05) is 91.0 Å². The minimum Gasteiger partial charge on any atom is -0.489 e. The van der Waals surface area contributed by atoms with E-state index in [0.29, 0.717) is 29.2 Å². The van der Waals surface area contributed by atoms with Gasteiger partial charge in [0.1, 0.15) is 30.0 Å². The predicted molar refractivity (Wildman–Crippen MR) is 195 cm³/mol. The van der Waals surface area contributed by atoms with Crippen LogP contribution in [-0.4, -0.2) is 47.5 Å². The summed E-state index contributed by atoms with van der Waals surface area (Å²) in [6.45, 7) is 5.63. The molecule has 52 heavy (non-hydrogen) atoms. The smallest absolute Gasteiger partial charge is 0.408 e. The number of urea groups is 1. The third-order valence-electron chi connectivity index (χ3n) is 8.17. The van der Waals surface area contributed by atoms with Gasteiger partial charge < -0.3 is 30.7 Å². The Hall–Kier alpha value is -6.17. The monoisotopic (exact) mass is 705 g/mol. The van der Waals surface area contributed by atoms with Crippen LogP contribution in [0, 0.1) is 0 Å². The number of carbonyl (C=O) groups excluding carboxylic acids is 5. The van der Waals surface area contributed by atoms with Gasteiger partial charge in [-0.15, -0.1) is 0 Å². The number of rotatable bonds is 13. The number of fused-ring (bicyclic) bond motifs is 1. The van der Waals surface area contributed by atoms with E-state index in [4.69, 9.17) is 9.47 Å². The van der Waals surface area contributed by atoms with Crippen molar-refractivity contribution in [2.75, 3.05) is 5.32 Å². The van der Waals surface area contributed by atoms with Crippen LogP contribution in [0.3, 0.4) is 0 Å². The molecule has 0 saturated heterocycles. The maximum atomic E-state index is 13.6. The Morgan fingerprint density at radius 3 is 2.04 bits per heavy atom. The first-order chi connectivity index (χ1) is 24.9. The summed E-state index contributed by atoms with van der Waals surface area (Å²) in [5, 5.41) is 13.0. The maximum absolute atomic E-state index is 13.6. The van der Waals surface area contributed by atoms with E-state index in [1.165, 1.54) is 0 Å². The molecule has 0 spiro atoms. The van der Waals surface area contributed by atoms with E-state index in [2.05, 4.69) is 26.6 Å². The Morgan fingerprint density at radius 2 is 1.37 bits per heavy atom. The van der Waals surface area contributed by atoms with Gasteiger partial charge in [0.15, 0.2) is 0 Å². The van der Waals surface area contributed by atoms with E-state index in [9.17, 15) is 24.0 Å². The lowest BCUT2D eigenvalue weighted by atomic mass is 9.93. The van der Waals surface area contributed by atoms with Crippen molar-refractivity contribution in [3.05, 3.63) is 131 Å². The molecular weight excluding hydrogens is 662 g/mol. The van der Waals surface area contributed by atoms with Crippen LogP contribution >= 0.6 is 0 Å². The predicted octanol–water partition coefficient (Wildman–Crippen LogP) is 5.34. The molecule has 270 valence electrons. The molecule has 1 aliphatic heterocycles. The van der Waals surface area contributed by atoms with Crippen LogP contribution in [0.1, 0.15) is 55.4 Å². The summed E-state index contributed by atoms with van der Waals surface area (Å²) in [7, 11) is 0. The number of alkyl carbamates (subject to hydrolysis) is 1. The number of hydrogen-bond donors (Lipinski definition) is 5. The lowest BCUT2D eigenvalue weighted by Gasteiger charge is -2.24. The number of para-hydroxylation sites is 1. The molecule has 5 rings (SSSR count). The first kappa shape index (κ1) is 37.1. The summed E-state index contributed by atoms with van der Waals surface area (Å²) >= 11 is 0. The van der Waals surface area contributed by atoms with Crippen molar-refractivity contribution in [1.82, 2.24) is 21.3 Å². The molecule has 0 aliphatic carbocycles. The number of hydrogen-bond acceptors (Lipinski definition) is 7. The zero-order valence-electron chi connectivity index (χ0n) is 29.3. The summed E-state index contributed by atoms with van der Waals surface area (Å²) in [5.41, 5.74) is 3.01. The zero-order valence-corrected chi connectivity index (χ0v) is 29.3. The zero-order chi connectivity index (χ0) is 37.1. The second-order valence-corrected chi connectivity index (χ2v) is 13.4. The number of imide groups is 1. The van der Waals surface area contributed by atoms with E-state index in [1.807, 2.05) is 60.7 Å². The summed E-state index contributed by atoms with van der Waals surface area (Å²) < 4.78 is 11.2. The number of amides is 6. The Kier molecular flexibility index (Phi) is 12.2. The molecule has 4 aromatic carbocycles. The second kappa shape index (κ2) is 17.2. The van der Waals surface area contributed by atoms with Crippen molar-refractivity contribution in [1.29, 1.82) is 0 Å². The first-order valence-corrected chi connectivity index (χ1v) is 17.0. The molecular formula is C40H43N5O7. The Labute approximate surface area is 302 Å². The number of nitrogens with one attached hydrogen (secondary N) is 5. The van der Waals surface area contributed by atoms with E-state index >= 15 is 0 Å². The van der Waals surface area contributed by atoms with Crippen LogP contribution in [0.5, 0.6) is 5.75 Å². The summed E-state index contributed by atoms with van der Waals surface area (Å²) in [4.78, 5) is 66.2. The van der Waals surface area contributed by atoms with Gasteiger partial charge in [-0.2, -0.15) is 0 Å². The number of benzene rings is 4. The van der Waals surface area contributed by atoms with E-state index in [-0.39, 0.29) is 25.3 Å². The van der Waals surface area contributed by atoms with Crippen molar-refractivity contribution in [2.45, 2.75) is 70.4 Å². The fourth-order valence-corrected chi connectivity index (χ4v) is 5.64. The van der Waals surface area contributed by atoms with Crippen LogP contribution < -0.4 is 31.3 Å². The van der Waals surface area contributed by atoms with E-state index in [0.717, 1.165) is 11.1 Å². The highest BCUT2D eigenvalue weighted by atomic mass is 16.6. The topological polar surface area (TPSA) is 164 Å². The third kappa shape index (κ3) is 10.9. The summed E-state index contributed by atoms with van der Waals surface area (Å²) in [6.07, 6.45) is -0.902. The molecule has 3 atom stereocenters. The molecule has 4 aromatic rings. The average molecular weight is 706 g/mol. The molecule has 0 bridgehead atoms. The van der Waals surface area contributed by atoms with Crippen LogP contribution in [0.2, 0.25) is 0 Å². The van der Waals surface area contributed by atoms with Gasteiger partial charge in [-0.3, -0.25) is 19.7 Å². The first-order valence-electron chi connectivity index (χ1n) is 17.0. The Balaban J connectivity index is 1.27. The lowest BCUT2D eigenvalue weighted by Crippen LogP contribution is -2.56. The molecule has 1 unspecified atom stereocenters. The molecule has 0 aromatic heterocycles. The highest BCUT2D eigenvalue weighted by Crippen LogP contribution is 2.35. The van der Waals surface area contributed by atoms with Gasteiger partial charge in [0.05, 0.1) is 5.92 Å². The van der Waals surface area contributed by atoms with Crippen molar-refractivity contribution in [3.8, 4) is 5.75 Å². The third-order valence-corrected chi connectivity index (χ3v) is 8.17. The van der Waals surface area contributed by atoms with Gasteiger partial charge >= 0.3 is 12.1 Å². The normalized spacial score (nSPS) is 14.5. The quantitative estimate of drug-likeness (QED) is 0.125. The van der Waals surface area contributed by atoms with Crippen molar-refractivity contribution in [3.63, 3.8) is 0 Å². The minimum atomic E-state index is -1.23. The van der Waals surface area contributed by atoms with Gasteiger partial charge in [0, 0.05) is 18.7 Å². The van der Waals surface area contributed by atoms with E-state index < -0.39 is 47.5 Å². The van der Waals surface area contributed by atoms with Gasteiger partial charge in [-0.05, 0) is 67.6 Å². The highest BCUT2D eigenvalue weighted by Gasteiger charge is 2.36. The van der Waals surface area contributed by atoms with Crippen molar-refractivity contribution < 1.29 is 33.4 Å². The van der Waals surface area contributed by atoms with Gasteiger partial charge in [0.25, 0.3) is 5.91 Å². The Morgan fingerprint density at radius 1 is 0.731 bits per heavy atom. The largest absolute Gasteiger partial charge is 0.489 e. The molecule has 1 heterocycles. The number of carbonyl (C=O) groups is 5. The maximum Gasteiger partial charge on any atom is 0.408 e. The van der Waals surface area contributed by atoms with Crippen molar-refractivity contribution in [2.24, 2.45) is 0 Å². The lowest BCUT2D eigenvalue weighted by molar-refractivity contribution is -0.124. The van der Waals surface area contributed by atoms with Crippen LogP contribution in [0.4, 0.5) is 15.3 Å². The summed E-state index contributed by atoms with van der Waals surface area (Å²) in [6, 6.07) is 29.7. The van der Waals surface area contributed by atoms with E-state index in [1.54, 1.807) is 69.3 Å². The Bertz CT molecular complexity index is 1860. The molecule has 0 radical (unpaired) electrons. The van der Waals surface area contributed by atoms with Crippen LogP contribution in [-0.2, 0) is 38.7 Å². The molecule has 0 saturated carbocycles. The summed E-state index contributed by atoms with van der Waals surface area (Å²) in [5.74, 6) is -1.79. The SMILES string of the molecule is CC(C)(C)OC(=O)N[C@@H](Cc1ccc(OCc2ccccc2)cc1)C(=O)NC(=O)N[C@@H](CC1C(=O)Nc2ccccc21)C(=O)NCc1ccccc1. The minimum absolute atomic E-state index is 0.0113. The molecule has 5 N–H and O–H groups in total. The number of ether oxygens (including phenoxy) is 2. The molecule has 6 amide bonds. The second-order valence-electron chi connectivity index (χ2n) is 13.4. The fourth-order valence-electron chi connectivity index (χ4n) is 5.64. The van der Waals surface area contributed by atoms with Gasteiger partial charge in [0.2, 0.25) is 11.8 Å². The molecule has 12 nitrogen and oxygen atoms in total. The van der Waals surface area contributed by atoms with Gasteiger partial charge in [-0.25, -0.2) is 9.59 Å². The van der Waals surface area contributed by atoms with Crippen molar-refractivity contribution >= 4 is 35.5 Å². The molecule has 12 heteroatoms. The molecule has 1 aliphatic rings. The fraction of sp³-hybridized carbons (Fsp3) is 0.275. The standard InChI is InChI=1S/C40H43N5O7/c1-40(2,3)52-39(50)44-33(22-26-18-20-29(21-19-26)51-25-28-14-8-5-9-15-28)37(48)45-38(49)43-34(36(47)41-24-27-12-6-4-7-13-27)23-31-30-16-10-11-17-32(30)42-35(31)46/h4-21,31,33-34H,22-25H2,1-3H3,(H,41,47)(H,42,46)(H,44,50)(H2,43,45,48,49)/t31?,33-,34-/m0/s1. The van der Waals surface area contributed by atoms with Crippen LogP contribution in [0.15, 0.2) is 109 Å².